The molecule has 234 valence electrons. The lowest BCUT2D eigenvalue weighted by atomic mass is 9.66. The summed E-state index contributed by atoms with van der Waals surface area (Å²) in [5.74, 6) is -2.16. The van der Waals surface area contributed by atoms with E-state index in [0.29, 0.717) is 30.0 Å². The van der Waals surface area contributed by atoms with Crippen LogP contribution in [-0.4, -0.2) is 77.8 Å². The molecule has 9 nitrogen and oxygen atoms in total. The van der Waals surface area contributed by atoms with E-state index in [-0.39, 0.29) is 43.3 Å². The Bertz CT molecular complexity index is 1410. The second-order valence-corrected chi connectivity index (χ2v) is 12.5. The van der Waals surface area contributed by atoms with E-state index in [2.05, 4.69) is 13.2 Å². The van der Waals surface area contributed by atoms with Gasteiger partial charge in [0.1, 0.15) is 17.4 Å². The van der Waals surface area contributed by atoms with Gasteiger partial charge in [-0.25, -0.2) is 0 Å². The highest BCUT2D eigenvalue weighted by Gasteiger charge is 2.79. The number of likely N-dealkylation sites (tertiary alicyclic amines) is 1. The topological polar surface area (TPSA) is 99.6 Å². The highest BCUT2D eigenvalue weighted by molar-refractivity contribution is 6.07. The Morgan fingerprint density at radius 3 is 2.16 bits per heavy atom. The molecule has 2 aromatic carbocycles. The first-order chi connectivity index (χ1) is 21.1. The highest BCUT2D eigenvalue weighted by Crippen LogP contribution is 2.64. The van der Waals surface area contributed by atoms with E-state index < -0.39 is 35.1 Å². The summed E-state index contributed by atoms with van der Waals surface area (Å²) >= 11 is 0. The van der Waals surface area contributed by atoms with Crippen LogP contribution >= 0.6 is 0 Å². The van der Waals surface area contributed by atoms with E-state index >= 15 is 0 Å². The first-order valence-corrected chi connectivity index (χ1v) is 15.2. The van der Waals surface area contributed by atoms with Crippen molar-refractivity contribution in [1.82, 2.24) is 4.90 Å². The molecule has 0 saturated carbocycles. The Kier molecular flexibility index (Phi) is 8.73. The number of carbonyl (C=O) groups excluding carboxylic acids is 3. The van der Waals surface area contributed by atoms with E-state index in [1.54, 1.807) is 53.3 Å². The second kappa shape index (κ2) is 12.2. The van der Waals surface area contributed by atoms with Crippen molar-refractivity contribution >= 4 is 29.1 Å². The Morgan fingerprint density at radius 2 is 1.61 bits per heavy atom. The van der Waals surface area contributed by atoms with Crippen LogP contribution in [0.5, 0.6) is 5.75 Å². The number of hydrogen-bond acceptors (Lipinski definition) is 6. The highest BCUT2D eigenvalue weighted by atomic mass is 16.5. The maximum Gasteiger partial charge on any atom is 0.253 e. The van der Waals surface area contributed by atoms with Gasteiger partial charge >= 0.3 is 0 Å². The summed E-state index contributed by atoms with van der Waals surface area (Å²) in [6.07, 6.45) is 4.24. The monoisotopic (exact) mass is 601 g/mol. The minimum Gasteiger partial charge on any atom is -0.497 e. The normalized spacial score (nSPS) is 27.6. The Morgan fingerprint density at radius 1 is 1.02 bits per heavy atom. The fraction of sp³-hybridized carbons (Fsp3) is 0.457. The summed E-state index contributed by atoms with van der Waals surface area (Å²) in [7, 11) is 1.57. The summed E-state index contributed by atoms with van der Waals surface area (Å²) < 4.78 is 12.2. The summed E-state index contributed by atoms with van der Waals surface area (Å²) in [4.78, 5) is 48.8. The third-order valence-corrected chi connectivity index (χ3v) is 9.64. The van der Waals surface area contributed by atoms with E-state index in [9.17, 15) is 19.5 Å². The minimum absolute atomic E-state index is 0.160. The van der Waals surface area contributed by atoms with Gasteiger partial charge < -0.3 is 29.3 Å². The molecule has 3 saturated heterocycles. The van der Waals surface area contributed by atoms with Gasteiger partial charge in [-0.1, -0.05) is 44.2 Å². The third kappa shape index (κ3) is 4.92. The van der Waals surface area contributed by atoms with Crippen LogP contribution in [0.15, 0.2) is 79.9 Å². The summed E-state index contributed by atoms with van der Waals surface area (Å²) in [5, 5.41) is 10.6. The van der Waals surface area contributed by atoms with Crippen LogP contribution < -0.4 is 14.5 Å². The minimum atomic E-state index is -1.24. The van der Waals surface area contributed by atoms with Crippen LogP contribution in [0, 0.1) is 17.8 Å². The van der Waals surface area contributed by atoms with Crippen LogP contribution in [0.3, 0.4) is 0 Å². The largest absolute Gasteiger partial charge is 0.497 e. The number of para-hydroxylation sites is 1. The van der Waals surface area contributed by atoms with Crippen molar-refractivity contribution in [3.05, 3.63) is 79.9 Å². The zero-order chi connectivity index (χ0) is 31.8. The number of aliphatic hydroxyl groups is 1. The summed E-state index contributed by atoms with van der Waals surface area (Å²) in [6, 6.07) is 14.7. The van der Waals surface area contributed by atoms with E-state index in [4.69, 9.17) is 9.47 Å². The van der Waals surface area contributed by atoms with Gasteiger partial charge in [-0.3, -0.25) is 14.4 Å². The number of benzene rings is 2. The van der Waals surface area contributed by atoms with Gasteiger partial charge in [0.05, 0.1) is 37.2 Å². The number of fused-ring (bicyclic) bond motifs is 1. The van der Waals surface area contributed by atoms with Gasteiger partial charge in [-0.15, -0.1) is 13.2 Å². The predicted octanol–water partition coefficient (Wildman–Crippen LogP) is 4.22. The molecule has 9 heteroatoms. The lowest BCUT2D eigenvalue weighted by Crippen LogP contribution is -2.60. The molecule has 2 unspecified atom stereocenters. The summed E-state index contributed by atoms with van der Waals surface area (Å²) in [5.41, 5.74) is -0.888. The number of methoxy groups -OCH3 is 1. The van der Waals surface area contributed by atoms with Crippen molar-refractivity contribution < 1.29 is 29.0 Å². The molecule has 3 amide bonds. The number of hydrogen-bond donors (Lipinski definition) is 1. The molecule has 3 aliphatic rings. The molecule has 1 N–H and O–H groups in total. The fourth-order valence-electron chi connectivity index (χ4n) is 7.59. The average molecular weight is 602 g/mol. The van der Waals surface area contributed by atoms with Crippen molar-refractivity contribution in [3.63, 3.8) is 0 Å². The van der Waals surface area contributed by atoms with Crippen molar-refractivity contribution in [3.8, 4) is 5.75 Å². The average Bonchev–Trinajstić information content (AvgIpc) is 3.59. The standard InChI is InChI=1S/C35H43N3O6/c1-7-20-36(24-12-10-9-11-13-24)31(40)28-29-32(41)38(27(22-39)23(3)4)30(35(29)19-18-34(28,5)44-35)33(42)37(21-8-2)25-14-16-26(43-6)17-15-25/h7-17,23,27-30,39H,1-2,18-22H2,3-6H3/t27-,28-,29-,30?,34+,35?/m0/s1. The van der Waals surface area contributed by atoms with Gasteiger partial charge in [-0.2, -0.15) is 0 Å². The van der Waals surface area contributed by atoms with Crippen LogP contribution in [-0.2, 0) is 19.1 Å². The van der Waals surface area contributed by atoms with Crippen LogP contribution in [0.2, 0.25) is 0 Å². The zero-order valence-electron chi connectivity index (χ0n) is 26.0. The molecule has 0 radical (unpaired) electrons. The Balaban J connectivity index is 1.63. The quantitative estimate of drug-likeness (QED) is 0.366. The number of ether oxygens (including phenoxy) is 2. The molecule has 0 aliphatic carbocycles. The van der Waals surface area contributed by atoms with Crippen molar-refractivity contribution in [2.24, 2.45) is 17.8 Å². The maximum absolute atomic E-state index is 14.8. The number of carbonyl (C=O) groups is 3. The maximum atomic E-state index is 14.8. The van der Waals surface area contributed by atoms with Crippen molar-refractivity contribution in [2.75, 3.05) is 36.6 Å². The first kappa shape index (κ1) is 31.5. The lowest BCUT2D eigenvalue weighted by Gasteiger charge is -2.40. The van der Waals surface area contributed by atoms with Gasteiger partial charge in [0, 0.05) is 24.5 Å². The second-order valence-electron chi connectivity index (χ2n) is 12.5. The Hall–Kier alpha value is -3.95. The van der Waals surface area contributed by atoms with E-state index in [0.717, 1.165) is 0 Å². The van der Waals surface area contributed by atoms with Gasteiger partial charge in [0.2, 0.25) is 11.8 Å². The third-order valence-electron chi connectivity index (χ3n) is 9.64. The van der Waals surface area contributed by atoms with Crippen LogP contribution in [0.25, 0.3) is 0 Å². The molecule has 3 heterocycles. The van der Waals surface area contributed by atoms with Crippen molar-refractivity contribution in [1.29, 1.82) is 0 Å². The van der Waals surface area contributed by atoms with Crippen LogP contribution in [0.1, 0.15) is 33.6 Å². The fourth-order valence-corrected chi connectivity index (χ4v) is 7.59. The molecular weight excluding hydrogens is 558 g/mol. The Labute approximate surface area is 259 Å². The van der Waals surface area contributed by atoms with E-state index in [1.165, 1.54) is 4.90 Å². The SMILES string of the molecule is C=CCN(C(=O)C1N([C@@H](CO)C(C)C)C(=O)[C@@H]2[C@@H](C(=O)N(CC=C)c3ccccc3)[C@@]3(C)CCC12O3)c1ccc(OC)cc1. The van der Waals surface area contributed by atoms with Crippen LogP contribution in [0.4, 0.5) is 11.4 Å². The molecule has 2 aromatic rings. The first-order valence-electron chi connectivity index (χ1n) is 15.2. The molecule has 3 fully saturated rings. The number of amides is 3. The number of rotatable bonds is 12. The number of nitrogens with zero attached hydrogens (tertiary/aromatic N) is 3. The lowest BCUT2D eigenvalue weighted by molar-refractivity contribution is -0.149. The molecule has 3 aliphatic heterocycles. The molecule has 5 rings (SSSR count). The number of aliphatic hydroxyl groups excluding tert-OH is 1. The molecular formula is C35H43N3O6. The number of anilines is 2. The van der Waals surface area contributed by atoms with Crippen molar-refractivity contribution in [2.45, 2.75) is 56.9 Å². The molecule has 44 heavy (non-hydrogen) atoms. The molecule has 2 bridgehead atoms. The molecule has 1 spiro atoms. The van der Waals surface area contributed by atoms with Gasteiger partial charge in [0.25, 0.3) is 5.91 Å². The zero-order valence-corrected chi connectivity index (χ0v) is 26.0. The molecule has 0 aromatic heterocycles. The predicted molar refractivity (Wildman–Crippen MR) is 169 cm³/mol. The smallest absolute Gasteiger partial charge is 0.253 e. The van der Waals surface area contributed by atoms with E-state index in [1.807, 2.05) is 51.1 Å². The summed E-state index contributed by atoms with van der Waals surface area (Å²) in [6.45, 7) is 13.6. The van der Waals surface area contributed by atoms with Gasteiger partial charge in [0.15, 0.2) is 0 Å². The molecule has 6 atom stereocenters. The van der Waals surface area contributed by atoms with Gasteiger partial charge in [-0.05, 0) is 62.1 Å².